The summed E-state index contributed by atoms with van der Waals surface area (Å²) in [6.45, 7) is 2.89. The highest BCUT2D eigenvalue weighted by atomic mass is 79.9. The third-order valence-corrected chi connectivity index (χ3v) is 2.75. The first kappa shape index (κ1) is 12.0. The van der Waals surface area contributed by atoms with Gasteiger partial charge < -0.3 is 0 Å². The molecule has 2 aromatic heterocycles. The minimum absolute atomic E-state index is 0.0545. The Balaban J connectivity index is 2.24. The van der Waals surface area contributed by atoms with Crippen LogP contribution < -0.4 is 0 Å². The third-order valence-electron chi connectivity index (χ3n) is 2.32. The Bertz CT molecular complexity index is 536. The Hall–Kier alpha value is -1.49. The molecule has 0 aromatic carbocycles. The molecule has 0 saturated carbocycles. The molecule has 0 saturated heterocycles. The Kier molecular flexibility index (Phi) is 3.68. The van der Waals surface area contributed by atoms with Crippen molar-refractivity contribution in [2.75, 3.05) is 0 Å². The molecule has 2 aromatic rings. The van der Waals surface area contributed by atoms with Gasteiger partial charge in [-0.25, -0.2) is 0 Å². The molecule has 0 fully saturated rings. The van der Waals surface area contributed by atoms with Crippen molar-refractivity contribution >= 4 is 21.7 Å². The van der Waals surface area contributed by atoms with Crippen LogP contribution in [0.3, 0.4) is 0 Å². The van der Waals surface area contributed by atoms with E-state index in [1.165, 1.54) is 0 Å². The van der Waals surface area contributed by atoms with E-state index in [1.54, 1.807) is 35.5 Å². The fourth-order valence-electron chi connectivity index (χ4n) is 1.53. The van der Waals surface area contributed by atoms with Gasteiger partial charge in [0.2, 0.25) is 0 Å². The number of aryl methyl sites for hydroxylation is 1. The number of pyridine rings is 1. The predicted octanol–water partition coefficient (Wildman–Crippen LogP) is 2.68. The quantitative estimate of drug-likeness (QED) is 0.815. The summed E-state index contributed by atoms with van der Waals surface area (Å²) in [6, 6.07) is 1.76. The van der Waals surface area contributed by atoms with Crippen LogP contribution in [0.2, 0.25) is 0 Å². The van der Waals surface area contributed by atoms with Crippen LogP contribution in [0.15, 0.2) is 35.3 Å². The number of carbonyl (C=O) groups is 1. The van der Waals surface area contributed by atoms with Gasteiger partial charge in [-0.05, 0) is 28.4 Å². The molecule has 0 spiro atoms. The zero-order valence-corrected chi connectivity index (χ0v) is 11.0. The summed E-state index contributed by atoms with van der Waals surface area (Å²) in [7, 11) is 0. The Morgan fingerprint density at radius 1 is 1.35 bits per heavy atom. The molecule has 5 heteroatoms. The summed E-state index contributed by atoms with van der Waals surface area (Å²) in [5.74, 6) is -0.0545. The maximum Gasteiger partial charge on any atom is 0.197 e. The number of nitrogens with zero attached hydrogens (tertiary/aromatic N) is 3. The summed E-state index contributed by atoms with van der Waals surface area (Å²) in [6.07, 6.45) is 7.57. The number of aromatic nitrogens is 3. The van der Waals surface area contributed by atoms with Crippen molar-refractivity contribution in [2.24, 2.45) is 0 Å². The first-order valence-electron chi connectivity index (χ1n) is 5.38. The van der Waals surface area contributed by atoms with E-state index in [-0.39, 0.29) is 5.78 Å². The molecule has 0 aliphatic heterocycles. The van der Waals surface area contributed by atoms with Crippen molar-refractivity contribution in [3.63, 3.8) is 0 Å². The first-order valence-corrected chi connectivity index (χ1v) is 6.17. The van der Waals surface area contributed by atoms with Crippen LogP contribution in [-0.4, -0.2) is 20.5 Å². The highest BCUT2D eigenvalue weighted by Crippen LogP contribution is 2.13. The molecule has 2 rings (SSSR count). The molecule has 0 N–H and O–H groups in total. The van der Waals surface area contributed by atoms with Crippen molar-refractivity contribution in [3.05, 3.63) is 46.5 Å². The van der Waals surface area contributed by atoms with Crippen molar-refractivity contribution < 1.29 is 4.79 Å². The zero-order valence-electron chi connectivity index (χ0n) is 9.43. The summed E-state index contributed by atoms with van der Waals surface area (Å²) in [5.41, 5.74) is 1.16. The second-order valence-electron chi connectivity index (χ2n) is 3.71. The molecule has 0 bridgehead atoms. The van der Waals surface area contributed by atoms with Crippen LogP contribution in [0.4, 0.5) is 0 Å². The molecule has 0 unspecified atom stereocenters. The molecular formula is C12H12BrN3O. The topological polar surface area (TPSA) is 47.8 Å². The molecule has 0 atom stereocenters. The number of ketones is 1. The Morgan fingerprint density at radius 3 is 2.88 bits per heavy atom. The fraction of sp³-hybridized carbons (Fsp3) is 0.250. The SMILES string of the molecule is CCCn1cc(C(=O)c2cncc(Br)c2)cn1. The van der Waals surface area contributed by atoms with E-state index in [9.17, 15) is 4.79 Å². The molecule has 88 valence electrons. The van der Waals surface area contributed by atoms with E-state index in [0.29, 0.717) is 11.1 Å². The van der Waals surface area contributed by atoms with Crippen LogP contribution in [0, 0.1) is 0 Å². The summed E-state index contributed by atoms with van der Waals surface area (Å²) >= 11 is 3.30. The highest BCUT2D eigenvalue weighted by Gasteiger charge is 2.11. The fourth-order valence-corrected chi connectivity index (χ4v) is 1.90. The number of halogens is 1. The minimum Gasteiger partial charge on any atom is -0.288 e. The maximum atomic E-state index is 12.1. The third kappa shape index (κ3) is 2.79. The summed E-state index contributed by atoms with van der Waals surface area (Å²) in [5, 5.41) is 4.14. The van der Waals surface area contributed by atoms with E-state index in [1.807, 2.05) is 0 Å². The average Bonchev–Trinajstić information content (AvgIpc) is 2.77. The van der Waals surface area contributed by atoms with Gasteiger partial charge in [-0.15, -0.1) is 0 Å². The van der Waals surface area contributed by atoms with Gasteiger partial charge in [0.05, 0.1) is 11.8 Å². The first-order chi connectivity index (χ1) is 8.20. The lowest BCUT2D eigenvalue weighted by Crippen LogP contribution is -2.01. The molecule has 0 amide bonds. The van der Waals surface area contributed by atoms with E-state index >= 15 is 0 Å². The molecular weight excluding hydrogens is 282 g/mol. The van der Waals surface area contributed by atoms with Crippen molar-refractivity contribution in [3.8, 4) is 0 Å². The van der Waals surface area contributed by atoms with Gasteiger partial charge in [-0.1, -0.05) is 6.92 Å². The molecule has 4 nitrogen and oxygen atoms in total. The minimum atomic E-state index is -0.0545. The van der Waals surface area contributed by atoms with Gasteiger partial charge >= 0.3 is 0 Å². The molecule has 17 heavy (non-hydrogen) atoms. The molecule has 0 aliphatic rings. The van der Waals surface area contributed by atoms with Gasteiger partial charge in [0.25, 0.3) is 0 Å². The van der Waals surface area contributed by atoms with Crippen LogP contribution in [0.5, 0.6) is 0 Å². The molecule has 0 radical (unpaired) electrons. The summed E-state index contributed by atoms with van der Waals surface area (Å²) in [4.78, 5) is 16.1. The van der Waals surface area contributed by atoms with Gasteiger partial charge in [0.1, 0.15) is 0 Å². The van der Waals surface area contributed by atoms with Gasteiger partial charge in [-0.2, -0.15) is 5.10 Å². The van der Waals surface area contributed by atoms with Gasteiger partial charge in [-0.3, -0.25) is 14.5 Å². The van der Waals surface area contributed by atoms with E-state index in [0.717, 1.165) is 17.4 Å². The predicted molar refractivity (Wildman–Crippen MR) is 67.9 cm³/mol. The van der Waals surface area contributed by atoms with Crippen molar-refractivity contribution in [1.82, 2.24) is 14.8 Å². The second kappa shape index (κ2) is 5.23. The zero-order chi connectivity index (χ0) is 12.3. The lowest BCUT2D eigenvalue weighted by molar-refractivity contribution is 0.103. The van der Waals surface area contributed by atoms with Crippen LogP contribution in [0.25, 0.3) is 0 Å². The number of rotatable bonds is 4. The van der Waals surface area contributed by atoms with Crippen LogP contribution >= 0.6 is 15.9 Å². The van der Waals surface area contributed by atoms with Crippen LogP contribution in [-0.2, 0) is 6.54 Å². The second-order valence-corrected chi connectivity index (χ2v) is 4.63. The van der Waals surface area contributed by atoms with E-state index < -0.39 is 0 Å². The van der Waals surface area contributed by atoms with Crippen molar-refractivity contribution in [1.29, 1.82) is 0 Å². The monoisotopic (exact) mass is 293 g/mol. The standard InChI is InChI=1S/C12H12BrN3O/c1-2-3-16-8-10(6-15-16)12(17)9-4-11(13)7-14-5-9/h4-8H,2-3H2,1H3. The summed E-state index contributed by atoms with van der Waals surface area (Å²) < 4.78 is 2.57. The number of carbonyl (C=O) groups excluding carboxylic acids is 1. The largest absolute Gasteiger partial charge is 0.288 e. The smallest absolute Gasteiger partial charge is 0.197 e. The average molecular weight is 294 g/mol. The lowest BCUT2D eigenvalue weighted by Gasteiger charge is -1.98. The molecule has 0 aliphatic carbocycles. The van der Waals surface area contributed by atoms with E-state index in [2.05, 4.69) is 32.9 Å². The van der Waals surface area contributed by atoms with Crippen molar-refractivity contribution in [2.45, 2.75) is 19.9 Å². The van der Waals surface area contributed by atoms with E-state index in [4.69, 9.17) is 0 Å². The van der Waals surface area contributed by atoms with Gasteiger partial charge in [0.15, 0.2) is 5.78 Å². The Morgan fingerprint density at radius 2 is 2.18 bits per heavy atom. The van der Waals surface area contributed by atoms with Gasteiger partial charge in [0, 0.05) is 35.2 Å². The highest BCUT2D eigenvalue weighted by molar-refractivity contribution is 9.10. The number of hydrogen-bond donors (Lipinski definition) is 0. The maximum absolute atomic E-state index is 12.1. The Labute approximate surface area is 108 Å². The number of hydrogen-bond acceptors (Lipinski definition) is 3. The lowest BCUT2D eigenvalue weighted by atomic mass is 10.1. The molecule has 2 heterocycles. The normalized spacial score (nSPS) is 10.5. The van der Waals surface area contributed by atoms with Crippen LogP contribution in [0.1, 0.15) is 29.3 Å².